The zero-order valence-corrected chi connectivity index (χ0v) is 7.07. The lowest BCUT2D eigenvalue weighted by Crippen LogP contribution is -1.84. The maximum absolute atomic E-state index is 9.62. The van der Waals surface area contributed by atoms with Crippen molar-refractivity contribution in [1.82, 2.24) is 9.78 Å². The van der Waals surface area contributed by atoms with Crippen LogP contribution >= 0.6 is 0 Å². The number of aromatic hydroxyl groups is 1. The molecule has 0 bridgehead atoms. The van der Waals surface area contributed by atoms with Gasteiger partial charge in [-0.3, -0.25) is 4.68 Å². The van der Waals surface area contributed by atoms with E-state index in [9.17, 15) is 5.11 Å². The van der Waals surface area contributed by atoms with E-state index in [4.69, 9.17) is 0 Å². The van der Waals surface area contributed by atoms with Crippen molar-refractivity contribution in [1.29, 1.82) is 0 Å². The summed E-state index contributed by atoms with van der Waals surface area (Å²) in [5, 5.41) is 14.6. The van der Waals surface area contributed by atoms with Gasteiger partial charge < -0.3 is 5.11 Å². The fourth-order valence-electron chi connectivity index (χ4n) is 1.31. The summed E-state index contributed by atoms with van der Waals surface area (Å²) in [6, 6.07) is 3.77. The molecule has 0 aliphatic rings. The molecular weight excluding hydrogens is 152 g/mol. The number of rotatable bonds is 0. The number of hydrogen-bond acceptors (Lipinski definition) is 2. The number of aromatic nitrogens is 2. The van der Waals surface area contributed by atoms with Crippen molar-refractivity contribution in [2.75, 3.05) is 0 Å². The van der Waals surface area contributed by atoms with Gasteiger partial charge in [-0.25, -0.2) is 0 Å². The molecule has 0 unspecified atom stereocenters. The maximum atomic E-state index is 9.62. The number of fused-ring (bicyclic) bond motifs is 1. The second-order valence-electron chi connectivity index (χ2n) is 2.97. The van der Waals surface area contributed by atoms with Crippen LogP contribution in [0, 0.1) is 6.92 Å². The zero-order valence-electron chi connectivity index (χ0n) is 7.07. The van der Waals surface area contributed by atoms with Crippen LogP contribution in [0.1, 0.15) is 5.56 Å². The predicted octanol–water partition coefficient (Wildman–Crippen LogP) is 1.59. The number of aryl methyl sites for hydroxylation is 2. The SMILES string of the molecule is Cc1ccc2nn(C)cc2c1O. The number of nitrogens with zero attached hydrogens (tertiary/aromatic N) is 2. The first kappa shape index (κ1) is 7.16. The third kappa shape index (κ3) is 0.863. The Morgan fingerprint density at radius 1 is 1.42 bits per heavy atom. The lowest BCUT2D eigenvalue weighted by Gasteiger charge is -1.96. The fraction of sp³-hybridized carbons (Fsp3) is 0.222. The first-order valence-corrected chi connectivity index (χ1v) is 3.80. The van der Waals surface area contributed by atoms with Gasteiger partial charge in [0.15, 0.2) is 0 Å². The molecule has 3 heteroatoms. The van der Waals surface area contributed by atoms with Crippen molar-refractivity contribution in [2.24, 2.45) is 7.05 Å². The summed E-state index contributed by atoms with van der Waals surface area (Å²) in [5.74, 6) is 0.334. The van der Waals surface area contributed by atoms with E-state index in [0.29, 0.717) is 5.75 Å². The van der Waals surface area contributed by atoms with E-state index < -0.39 is 0 Å². The molecule has 0 atom stereocenters. The molecule has 2 rings (SSSR count). The van der Waals surface area contributed by atoms with Crippen molar-refractivity contribution < 1.29 is 5.11 Å². The van der Waals surface area contributed by atoms with Crippen LogP contribution in [0.25, 0.3) is 10.9 Å². The van der Waals surface area contributed by atoms with Gasteiger partial charge in [-0.1, -0.05) is 6.07 Å². The predicted molar refractivity (Wildman–Crippen MR) is 47.1 cm³/mol. The van der Waals surface area contributed by atoms with E-state index in [-0.39, 0.29) is 0 Å². The lowest BCUT2D eigenvalue weighted by molar-refractivity contribution is 0.477. The van der Waals surface area contributed by atoms with Crippen molar-refractivity contribution >= 4 is 10.9 Å². The number of phenolic OH excluding ortho intramolecular Hbond substituents is 1. The van der Waals surface area contributed by atoms with Gasteiger partial charge in [-0.05, 0) is 18.6 Å². The third-order valence-corrected chi connectivity index (χ3v) is 1.98. The Hall–Kier alpha value is -1.51. The Bertz CT molecular complexity index is 431. The van der Waals surface area contributed by atoms with Gasteiger partial charge in [0.2, 0.25) is 0 Å². The van der Waals surface area contributed by atoms with Gasteiger partial charge in [-0.15, -0.1) is 0 Å². The minimum Gasteiger partial charge on any atom is -0.507 e. The second-order valence-corrected chi connectivity index (χ2v) is 2.97. The van der Waals surface area contributed by atoms with Gasteiger partial charge >= 0.3 is 0 Å². The molecule has 0 amide bonds. The first-order chi connectivity index (χ1) is 5.68. The second kappa shape index (κ2) is 2.24. The molecule has 1 aromatic heterocycles. The monoisotopic (exact) mass is 162 g/mol. The van der Waals surface area contributed by atoms with E-state index in [1.807, 2.05) is 32.3 Å². The van der Waals surface area contributed by atoms with Crippen molar-refractivity contribution in [3.8, 4) is 5.75 Å². The van der Waals surface area contributed by atoms with E-state index >= 15 is 0 Å². The van der Waals surface area contributed by atoms with Crippen LogP contribution in [0.4, 0.5) is 0 Å². The smallest absolute Gasteiger partial charge is 0.129 e. The summed E-state index contributed by atoms with van der Waals surface area (Å²) >= 11 is 0. The van der Waals surface area contributed by atoms with E-state index in [1.54, 1.807) is 4.68 Å². The van der Waals surface area contributed by atoms with Crippen LogP contribution in [-0.2, 0) is 7.05 Å². The van der Waals surface area contributed by atoms with Crippen molar-refractivity contribution in [3.63, 3.8) is 0 Å². The lowest BCUT2D eigenvalue weighted by atomic mass is 10.1. The standard InChI is InChI=1S/C9H10N2O/c1-6-3-4-8-7(9(6)12)5-11(2)10-8/h3-5,12H,1-2H3. The van der Waals surface area contributed by atoms with Crippen LogP contribution in [0.5, 0.6) is 5.75 Å². The molecule has 0 aliphatic heterocycles. The highest BCUT2D eigenvalue weighted by atomic mass is 16.3. The Morgan fingerprint density at radius 2 is 2.17 bits per heavy atom. The number of hydrogen-bond donors (Lipinski definition) is 1. The Balaban J connectivity index is 2.89. The van der Waals surface area contributed by atoms with E-state index in [1.165, 1.54) is 0 Å². The molecule has 1 aromatic carbocycles. The molecule has 3 nitrogen and oxygen atoms in total. The molecule has 2 aromatic rings. The highest BCUT2D eigenvalue weighted by Crippen LogP contribution is 2.26. The van der Waals surface area contributed by atoms with Crippen LogP contribution in [0.15, 0.2) is 18.3 Å². The summed E-state index contributed by atoms with van der Waals surface area (Å²) in [6.07, 6.45) is 1.82. The molecule has 0 saturated heterocycles. The quantitative estimate of drug-likeness (QED) is 0.638. The Labute approximate surface area is 70.2 Å². The normalized spacial score (nSPS) is 10.8. The van der Waals surface area contributed by atoms with Gasteiger partial charge in [0.05, 0.1) is 10.9 Å². The highest BCUT2D eigenvalue weighted by Gasteiger charge is 2.04. The summed E-state index contributed by atoms with van der Waals surface area (Å²) in [5.41, 5.74) is 1.72. The summed E-state index contributed by atoms with van der Waals surface area (Å²) in [4.78, 5) is 0. The Morgan fingerprint density at radius 3 is 2.92 bits per heavy atom. The van der Waals surface area contributed by atoms with Gasteiger partial charge in [0.1, 0.15) is 5.75 Å². The average molecular weight is 162 g/mol. The third-order valence-electron chi connectivity index (χ3n) is 1.98. The molecule has 1 N–H and O–H groups in total. The summed E-state index contributed by atoms with van der Waals surface area (Å²) in [7, 11) is 1.84. The van der Waals surface area contributed by atoms with Crippen molar-refractivity contribution in [3.05, 3.63) is 23.9 Å². The van der Waals surface area contributed by atoms with E-state index in [0.717, 1.165) is 16.5 Å². The molecule has 12 heavy (non-hydrogen) atoms. The molecular formula is C9H10N2O. The minimum absolute atomic E-state index is 0.334. The van der Waals surface area contributed by atoms with Crippen LogP contribution in [0.3, 0.4) is 0 Å². The molecule has 0 spiro atoms. The molecule has 0 radical (unpaired) electrons. The summed E-state index contributed by atoms with van der Waals surface area (Å²) in [6.45, 7) is 1.88. The molecule has 0 fully saturated rings. The van der Waals surface area contributed by atoms with Crippen LogP contribution in [0.2, 0.25) is 0 Å². The van der Waals surface area contributed by atoms with E-state index in [2.05, 4.69) is 5.10 Å². The first-order valence-electron chi connectivity index (χ1n) is 3.80. The van der Waals surface area contributed by atoms with Crippen molar-refractivity contribution in [2.45, 2.75) is 6.92 Å². The summed E-state index contributed by atoms with van der Waals surface area (Å²) < 4.78 is 1.70. The molecule has 0 saturated carbocycles. The number of phenols is 1. The van der Waals surface area contributed by atoms with Crippen LogP contribution in [-0.4, -0.2) is 14.9 Å². The molecule has 62 valence electrons. The largest absolute Gasteiger partial charge is 0.507 e. The number of benzene rings is 1. The minimum atomic E-state index is 0.334. The van der Waals surface area contributed by atoms with Gasteiger partial charge in [0.25, 0.3) is 0 Å². The average Bonchev–Trinajstić information content (AvgIpc) is 2.39. The van der Waals surface area contributed by atoms with Crippen LogP contribution < -0.4 is 0 Å². The fourth-order valence-corrected chi connectivity index (χ4v) is 1.31. The van der Waals surface area contributed by atoms with Gasteiger partial charge in [-0.2, -0.15) is 5.10 Å². The molecule has 1 heterocycles. The maximum Gasteiger partial charge on any atom is 0.129 e. The topological polar surface area (TPSA) is 38.0 Å². The van der Waals surface area contributed by atoms with Gasteiger partial charge in [0, 0.05) is 13.2 Å². The molecule has 0 aliphatic carbocycles. The highest BCUT2D eigenvalue weighted by molar-refractivity contribution is 5.85. The zero-order chi connectivity index (χ0) is 8.72. The Kier molecular flexibility index (Phi) is 1.33.